The Labute approximate surface area is 123 Å². The minimum Gasteiger partial charge on any atom is -0.382 e. The van der Waals surface area contributed by atoms with Gasteiger partial charge in [-0.3, -0.25) is 4.68 Å². The van der Waals surface area contributed by atoms with E-state index >= 15 is 0 Å². The molecule has 0 aliphatic carbocycles. The summed E-state index contributed by atoms with van der Waals surface area (Å²) in [6, 6.07) is 0.254. The Hall–Kier alpha value is -0.430. The largest absolute Gasteiger partial charge is 0.382 e. The number of ether oxygens (including phenoxy) is 2. The molecule has 0 fully saturated rings. The quantitative estimate of drug-likeness (QED) is 0.668. The van der Waals surface area contributed by atoms with Crippen LogP contribution in [0.1, 0.15) is 32.0 Å². The molecule has 1 aromatic heterocycles. The number of nitrogens with one attached hydrogen (secondary N) is 1. The molecule has 1 atom stereocenters. The molecule has 110 valence electrons. The average molecular weight is 334 g/mol. The number of halogens is 1. The van der Waals surface area contributed by atoms with Gasteiger partial charge in [0.25, 0.3) is 0 Å². The first-order valence-electron chi connectivity index (χ1n) is 6.75. The molecule has 0 spiro atoms. The van der Waals surface area contributed by atoms with Gasteiger partial charge in [-0.15, -0.1) is 0 Å². The summed E-state index contributed by atoms with van der Waals surface area (Å²) in [5.74, 6) is 0. The maximum Gasteiger partial charge on any atom is 0.0700 e. The van der Waals surface area contributed by atoms with Gasteiger partial charge in [0.05, 0.1) is 35.6 Å². The molecule has 19 heavy (non-hydrogen) atoms. The second kappa shape index (κ2) is 9.47. The van der Waals surface area contributed by atoms with Crippen molar-refractivity contribution in [3.05, 3.63) is 16.4 Å². The van der Waals surface area contributed by atoms with E-state index in [0.717, 1.165) is 24.0 Å². The van der Waals surface area contributed by atoms with Gasteiger partial charge in [0.1, 0.15) is 0 Å². The molecular formula is C13H24BrN3O2. The van der Waals surface area contributed by atoms with Crippen LogP contribution in [0.25, 0.3) is 0 Å². The summed E-state index contributed by atoms with van der Waals surface area (Å²) in [7, 11) is 1.68. The minimum absolute atomic E-state index is 0.254. The number of aryl methyl sites for hydroxylation is 1. The Balaban J connectivity index is 2.58. The number of hydrogen-bond donors (Lipinski definition) is 1. The maximum atomic E-state index is 5.55. The lowest BCUT2D eigenvalue weighted by atomic mass is 10.1. The molecule has 1 rings (SSSR count). The van der Waals surface area contributed by atoms with E-state index in [4.69, 9.17) is 9.47 Å². The van der Waals surface area contributed by atoms with Crippen LogP contribution in [-0.2, 0) is 16.0 Å². The zero-order valence-corrected chi connectivity index (χ0v) is 13.6. The Kier molecular flexibility index (Phi) is 8.29. The predicted octanol–water partition coefficient (Wildman–Crippen LogP) is 2.37. The normalized spacial score (nSPS) is 12.8. The van der Waals surface area contributed by atoms with Crippen LogP contribution in [0.2, 0.25) is 0 Å². The van der Waals surface area contributed by atoms with E-state index in [1.54, 1.807) is 7.11 Å². The fourth-order valence-corrected chi connectivity index (χ4v) is 2.57. The van der Waals surface area contributed by atoms with Crippen LogP contribution in [0.15, 0.2) is 10.7 Å². The van der Waals surface area contributed by atoms with Crippen molar-refractivity contribution in [3.63, 3.8) is 0 Å². The molecule has 0 saturated carbocycles. The zero-order valence-electron chi connectivity index (χ0n) is 12.0. The lowest BCUT2D eigenvalue weighted by Gasteiger charge is -2.19. The van der Waals surface area contributed by atoms with Gasteiger partial charge < -0.3 is 14.8 Å². The Bertz CT molecular complexity index is 358. The van der Waals surface area contributed by atoms with Crippen LogP contribution in [0.4, 0.5) is 0 Å². The first kappa shape index (κ1) is 16.6. The molecule has 0 amide bonds. The molecule has 0 saturated heterocycles. The molecule has 1 aromatic rings. The molecule has 1 unspecified atom stereocenters. The van der Waals surface area contributed by atoms with Crippen LogP contribution in [0.3, 0.4) is 0 Å². The van der Waals surface area contributed by atoms with Crippen LogP contribution in [-0.4, -0.2) is 43.3 Å². The summed E-state index contributed by atoms with van der Waals surface area (Å²) < 4.78 is 13.6. The van der Waals surface area contributed by atoms with Crippen molar-refractivity contribution in [2.75, 3.05) is 33.5 Å². The molecule has 0 radical (unpaired) electrons. The Morgan fingerprint density at radius 2 is 2.16 bits per heavy atom. The van der Waals surface area contributed by atoms with Crippen LogP contribution in [0, 0.1) is 0 Å². The highest BCUT2D eigenvalue weighted by molar-refractivity contribution is 9.10. The van der Waals surface area contributed by atoms with E-state index in [2.05, 4.69) is 40.2 Å². The molecule has 1 N–H and O–H groups in total. The minimum atomic E-state index is 0.254. The standard InChI is InChI=1S/C13H24BrN3O2/c1-4-15-12(6-7-19-9-8-18-3)13-11(14)10-16-17(13)5-2/h10,12,15H,4-9H2,1-3H3. The molecule has 6 heteroatoms. The maximum absolute atomic E-state index is 5.55. The van der Waals surface area contributed by atoms with E-state index < -0.39 is 0 Å². The Morgan fingerprint density at radius 1 is 1.37 bits per heavy atom. The van der Waals surface area contributed by atoms with Crippen molar-refractivity contribution in [2.24, 2.45) is 0 Å². The van der Waals surface area contributed by atoms with Crippen molar-refractivity contribution in [2.45, 2.75) is 32.9 Å². The highest BCUT2D eigenvalue weighted by Gasteiger charge is 2.18. The van der Waals surface area contributed by atoms with E-state index in [1.807, 2.05) is 10.9 Å². The molecule has 5 nitrogen and oxygen atoms in total. The van der Waals surface area contributed by atoms with Crippen molar-refractivity contribution >= 4 is 15.9 Å². The second-order valence-electron chi connectivity index (χ2n) is 4.20. The molecule has 0 aliphatic heterocycles. The van der Waals surface area contributed by atoms with Gasteiger partial charge in [0.2, 0.25) is 0 Å². The monoisotopic (exact) mass is 333 g/mol. The first-order chi connectivity index (χ1) is 9.24. The topological polar surface area (TPSA) is 48.3 Å². The molecule has 0 aliphatic rings. The van der Waals surface area contributed by atoms with E-state index in [-0.39, 0.29) is 6.04 Å². The van der Waals surface area contributed by atoms with Crippen LogP contribution < -0.4 is 5.32 Å². The smallest absolute Gasteiger partial charge is 0.0700 e. The number of hydrogen-bond acceptors (Lipinski definition) is 4. The van der Waals surface area contributed by atoms with Gasteiger partial charge >= 0.3 is 0 Å². The third-order valence-electron chi connectivity index (χ3n) is 2.90. The van der Waals surface area contributed by atoms with Gasteiger partial charge in [-0.1, -0.05) is 6.92 Å². The number of nitrogens with zero attached hydrogens (tertiary/aromatic N) is 2. The summed E-state index contributed by atoms with van der Waals surface area (Å²) in [5.41, 5.74) is 1.19. The van der Waals surface area contributed by atoms with Crippen molar-refractivity contribution in [3.8, 4) is 0 Å². The SMILES string of the molecule is CCNC(CCOCCOC)c1c(Br)cnn1CC. The van der Waals surface area contributed by atoms with Crippen molar-refractivity contribution < 1.29 is 9.47 Å². The number of aromatic nitrogens is 2. The summed E-state index contributed by atoms with van der Waals surface area (Å²) in [5, 5.41) is 7.85. The third-order valence-corrected chi connectivity index (χ3v) is 3.51. The zero-order chi connectivity index (χ0) is 14.1. The fraction of sp³-hybridized carbons (Fsp3) is 0.769. The summed E-state index contributed by atoms with van der Waals surface area (Å²) >= 11 is 3.58. The fourth-order valence-electron chi connectivity index (χ4n) is 2.00. The number of methoxy groups -OCH3 is 1. The average Bonchev–Trinajstić information content (AvgIpc) is 2.78. The van der Waals surface area contributed by atoms with Crippen LogP contribution >= 0.6 is 15.9 Å². The van der Waals surface area contributed by atoms with E-state index in [1.165, 1.54) is 5.69 Å². The number of rotatable bonds is 10. The van der Waals surface area contributed by atoms with Crippen LogP contribution in [0.5, 0.6) is 0 Å². The highest BCUT2D eigenvalue weighted by atomic mass is 79.9. The lowest BCUT2D eigenvalue weighted by molar-refractivity contribution is 0.0654. The van der Waals surface area contributed by atoms with Gasteiger partial charge in [-0.25, -0.2) is 0 Å². The summed E-state index contributed by atoms with van der Waals surface area (Å²) in [6.45, 7) is 7.99. The van der Waals surface area contributed by atoms with Crippen molar-refractivity contribution in [1.82, 2.24) is 15.1 Å². The van der Waals surface area contributed by atoms with Gasteiger partial charge in [0.15, 0.2) is 0 Å². The summed E-state index contributed by atoms with van der Waals surface area (Å²) in [6.07, 6.45) is 2.77. The third kappa shape index (κ3) is 5.22. The molecule has 1 heterocycles. The molecular weight excluding hydrogens is 310 g/mol. The lowest BCUT2D eigenvalue weighted by Crippen LogP contribution is -2.25. The van der Waals surface area contributed by atoms with E-state index in [9.17, 15) is 0 Å². The second-order valence-corrected chi connectivity index (χ2v) is 5.05. The molecule has 0 bridgehead atoms. The predicted molar refractivity (Wildman–Crippen MR) is 79.3 cm³/mol. The first-order valence-corrected chi connectivity index (χ1v) is 7.55. The van der Waals surface area contributed by atoms with Gasteiger partial charge in [-0.2, -0.15) is 5.10 Å². The Morgan fingerprint density at radius 3 is 2.79 bits per heavy atom. The van der Waals surface area contributed by atoms with E-state index in [0.29, 0.717) is 19.8 Å². The van der Waals surface area contributed by atoms with Crippen molar-refractivity contribution in [1.29, 1.82) is 0 Å². The van der Waals surface area contributed by atoms with Gasteiger partial charge in [-0.05, 0) is 35.8 Å². The highest BCUT2D eigenvalue weighted by Crippen LogP contribution is 2.25. The molecule has 0 aromatic carbocycles. The van der Waals surface area contributed by atoms with Gasteiger partial charge in [0, 0.05) is 20.3 Å². The summed E-state index contributed by atoms with van der Waals surface area (Å²) in [4.78, 5) is 0.